The highest BCUT2D eigenvalue weighted by Crippen LogP contribution is 2.29. The van der Waals surface area contributed by atoms with Crippen LogP contribution >= 0.6 is 11.6 Å². The quantitative estimate of drug-likeness (QED) is 0.865. The van der Waals surface area contributed by atoms with Gasteiger partial charge in [0.25, 0.3) is 5.91 Å². The average molecular weight is 275 g/mol. The van der Waals surface area contributed by atoms with E-state index in [1.807, 2.05) is 12.1 Å². The number of hydrogen-bond acceptors (Lipinski definition) is 1. The molecule has 4 heteroatoms. The Bertz CT molecular complexity index is 606. The Kier molecular flexibility index (Phi) is 3.30. The maximum Gasteiger partial charge on any atom is 0.268 e. The number of aromatic amines is 1. The standard InChI is InChI=1S/C15H15ClN2O/c16-11-8-14(17-9-11)15(19)18-13-7-3-5-10-4-1-2-6-12(10)13/h1-2,4,6,8-9,13,17H,3,5,7H2,(H,18,19). The van der Waals surface area contributed by atoms with Gasteiger partial charge in [-0.05, 0) is 36.5 Å². The predicted molar refractivity (Wildman–Crippen MR) is 75.4 cm³/mol. The molecule has 1 unspecified atom stereocenters. The van der Waals surface area contributed by atoms with Gasteiger partial charge in [-0.25, -0.2) is 0 Å². The second-order valence-electron chi connectivity index (χ2n) is 4.85. The molecule has 1 aliphatic carbocycles. The first-order chi connectivity index (χ1) is 9.24. The first-order valence-electron chi connectivity index (χ1n) is 6.46. The summed E-state index contributed by atoms with van der Waals surface area (Å²) in [6.07, 6.45) is 4.80. The molecule has 0 radical (unpaired) electrons. The number of benzene rings is 1. The van der Waals surface area contributed by atoms with Crippen LogP contribution in [0.1, 0.15) is 40.5 Å². The van der Waals surface area contributed by atoms with E-state index in [2.05, 4.69) is 22.4 Å². The monoisotopic (exact) mass is 274 g/mol. The molecule has 98 valence electrons. The topological polar surface area (TPSA) is 44.9 Å². The summed E-state index contributed by atoms with van der Waals surface area (Å²) in [5, 5.41) is 3.63. The SMILES string of the molecule is O=C(NC1CCCc2ccccc21)c1cc(Cl)c[nH]1. The Morgan fingerprint density at radius 1 is 1.37 bits per heavy atom. The van der Waals surface area contributed by atoms with Gasteiger partial charge < -0.3 is 10.3 Å². The van der Waals surface area contributed by atoms with Gasteiger partial charge in [0, 0.05) is 6.20 Å². The third kappa shape index (κ3) is 2.51. The van der Waals surface area contributed by atoms with Crippen molar-refractivity contribution in [1.82, 2.24) is 10.3 Å². The van der Waals surface area contributed by atoms with Crippen molar-refractivity contribution in [3.8, 4) is 0 Å². The van der Waals surface area contributed by atoms with Gasteiger partial charge in [-0.2, -0.15) is 0 Å². The van der Waals surface area contributed by atoms with Crippen LogP contribution in [0.3, 0.4) is 0 Å². The normalized spacial score (nSPS) is 17.8. The Morgan fingerprint density at radius 2 is 2.21 bits per heavy atom. The van der Waals surface area contributed by atoms with Crippen LogP contribution in [0.4, 0.5) is 0 Å². The summed E-state index contributed by atoms with van der Waals surface area (Å²) in [7, 11) is 0. The Balaban J connectivity index is 1.79. The van der Waals surface area contributed by atoms with Crippen LogP contribution in [-0.2, 0) is 6.42 Å². The number of fused-ring (bicyclic) bond motifs is 1. The van der Waals surface area contributed by atoms with E-state index in [1.165, 1.54) is 11.1 Å². The predicted octanol–water partition coefficient (Wildman–Crippen LogP) is 3.48. The lowest BCUT2D eigenvalue weighted by Crippen LogP contribution is -2.31. The van der Waals surface area contributed by atoms with Crippen molar-refractivity contribution in [3.63, 3.8) is 0 Å². The van der Waals surface area contributed by atoms with Gasteiger partial charge in [0.15, 0.2) is 0 Å². The molecule has 1 aromatic carbocycles. The van der Waals surface area contributed by atoms with Crippen molar-refractivity contribution in [2.75, 3.05) is 0 Å². The third-order valence-electron chi connectivity index (χ3n) is 3.57. The molecule has 19 heavy (non-hydrogen) atoms. The second kappa shape index (κ2) is 5.10. The summed E-state index contributed by atoms with van der Waals surface area (Å²) in [5.41, 5.74) is 3.08. The molecule has 1 aromatic heterocycles. The molecule has 2 aromatic rings. The fourth-order valence-electron chi connectivity index (χ4n) is 2.64. The zero-order chi connectivity index (χ0) is 13.2. The van der Waals surface area contributed by atoms with E-state index in [0.29, 0.717) is 10.7 Å². The molecule has 3 nitrogen and oxygen atoms in total. The molecule has 0 aliphatic heterocycles. The van der Waals surface area contributed by atoms with E-state index in [-0.39, 0.29) is 11.9 Å². The smallest absolute Gasteiger partial charge is 0.268 e. The molecule has 0 saturated carbocycles. The fourth-order valence-corrected chi connectivity index (χ4v) is 2.80. The van der Waals surface area contributed by atoms with Crippen LogP contribution in [0.2, 0.25) is 5.02 Å². The number of amides is 1. The zero-order valence-electron chi connectivity index (χ0n) is 10.4. The summed E-state index contributed by atoms with van der Waals surface area (Å²) in [5.74, 6) is -0.103. The van der Waals surface area contributed by atoms with Crippen molar-refractivity contribution < 1.29 is 4.79 Å². The second-order valence-corrected chi connectivity index (χ2v) is 5.29. The molecule has 0 saturated heterocycles. The van der Waals surface area contributed by atoms with Crippen molar-refractivity contribution in [2.24, 2.45) is 0 Å². The van der Waals surface area contributed by atoms with Gasteiger partial charge in [-0.1, -0.05) is 35.9 Å². The number of H-pyrrole nitrogens is 1. The van der Waals surface area contributed by atoms with E-state index >= 15 is 0 Å². The van der Waals surface area contributed by atoms with Gasteiger partial charge in [0.2, 0.25) is 0 Å². The molecular weight excluding hydrogens is 260 g/mol. The van der Waals surface area contributed by atoms with Crippen molar-refractivity contribution in [2.45, 2.75) is 25.3 Å². The van der Waals surface area contributed by atoms with Gasteiger partial charge in [-0.15, -0.1) is 0 Å². The molecule has 0 bridgehead atoms. The minimum atomic E-state index is -0.103. The highest BCUT2D eigenvalue weighted by Gasteiger charge is 2.22. The van der Waals surface area contributed by atoms with Crippen molar-refractivity contribution >= 4 is 17.5 Å². The first-order valence-corrected chi connectivity index (χ1v) is 6.84. The number of halogens is 1. The highest BCUT2D eigenvalue weighted by atomic mass is 35.5. The lowest BCUT2D eigenvalue weighted by Gasteiger charge is -2.26. The number of carbonyl (C=O) groups is 1. The van der Waals surface area contributed by atoms with Crippen LogP contribution in [0.25, 0.3) is 0 Å². The first kappa shape index (κ1) is 12.3. The molecule has 2 N–H and O–H groups in total. The molecule has 0 spiro atoms. The number of aromatic nitrogens is 1. The van der Waals surface area contributed by atoms with Crippen LogP contribution < -0.4 is 5.32 Å². The van der Waals surface area contributed by atoms with E-state index < -0.39 is 0 Å². The highest BCUT2D eigenvalue weighted by molar-refractivity contribution is 6.30. The van der Waals surface area contributed by atoms with Crippen LogP contribution in [0.15, 0.2) is 36.5 Å². The molecule has 1 atom stereocenters. The van der Waals surface area contributed by atoms with Crippen LogP contribution in [0.5, 0.6) is 0 Å². The lowest BCUT2D eigenvalue weighted by atomic mass is 9.88. The number of carbonyl (C=O) groups excluding carboxylic acids is 1. The Labute approximate surface area is 117 Å². The molecule has 1 amide bonds. The van der Waals surface area contributed by atoms with Crippen LogP contribution in [0, 0.1) is 0 Å². The van der Waals surface area contributed by atoms with Crippen molar-refractivity contribution in [3.05, 3.63) is 58.4 Å². The number of aryl methyl sites for hydroxylation is 1. The summed E-state index contributed by atoms with van der Waals surface area (Å²) in [6, 6.07) is 10.0. The molecule has 3 rings (SSSR count). The largest absolute Gasteiger partial charge is 0.356 e. The summed E-state index contributed by atoms with van der Waals surface area (Å²) >= 11 is 5.82. The Hall–Kier alpha value is -1.74. The van der Waals surface area contributed by atoms with Crippen LogP contribution in [-0.4, -0.2) is 10.9 Å². The summed E-state index contributed by atoms with van der Waals surface area (Å²) in [6.45, 7) is 0. The summed E-state index contributed by atoms with van der Waals surface area (Å²) < 4.78 is 0. The van der Waals surface area contributed by atoms with E-state index in [0.717, 1.165) is 19.3 Å². The van der Waals surface area contributed by atoms with Gasteiger partial charge in [-0.3, -0.25) is 4.79 Å². The minimum absolute atomic E-state index is 0.0968. The van der Waals surface area contributed by atoms with E-state index in [1.54, 1.807) is 12.3 Å². The average Bonchev–Trinajstić information content (AvgIpc) is 2.86. The summed E-state index contributed by atoms with van der Waals surface area (Å²) in [4.78, 5) is 15.0. The fraction of sp³-hybridized carbons (Fsp3) is 0.267. The molecular formula is C15H15ClN2O. The lowest BCUT2D eigenvalue weighted by molar-refractivity contribution is 0.0928. The number of rotatable bonds is 2. The van der Waals surface area contributed by atoms with E-state index in [4.69, 9.17) is 11.6 Å². The van der Waals surface area contributed by atoms with E-state index in [9.17, 15) is 4.79 Å². The van der Waals surface area contributed by atoms with Gasteiger partial charge in [0.05, 0.1) is 11.1 Å². The maximum atomic E-state index is 12.1. The minimum Gasteiger partial charge on any atom is -0.356 e. The van der Waals surface area contributed by atoms with Crippen molar-refractivity contribution in [1.29, 1.82) is 0 Å². The molecule has 0 fully saturated rings. The molecule has 1 heterocycles. The van der Waals surface area contributed by atoms with Gasteiger partial charge in [0.1, 0.15) is 5.69 Å². The Morgan fingerprint density at radius 3 is 3.00 bits per heavy atom. The number of nitrogens with one attached hydrogen (secondary N) is 2. The third-order valence-corrected chi connectivity index (χ3v) is 3.79. The maximum absolute atomic E-state index is 12.1. The number of hydrogen-bond donors (Lipinski definition) is 2. The zero-order valence-corrected chi connectivity index (χ0v) is 11.2. The molecule has 1 aliphatic rings. The van der Waals surface area contributed by atoms with Gasteiger partial charge >= 0.3 is 0 Å².